The van der Waals surface area contributed by atoms with Crippen LogP contribution in [0, 0.1) is 6.92 Å². The van der Waals surface area contributed by atoms with Crippen molar-refractivity contribution in [1.82, 2.24) is 15.6 Å². The van der Waals surface area contributed by atoms with Gasteiger partial charge in [-0.05, 0) is 24.1 Å². The van der Waals surface area contributed by atoms with Crippen LogP contribution >= 0.6 is 12.6 Å². The van der Waals surface area contributed by atoms with Gasteiger partial charge in [0.1, 0.15) is 6.04 Å². The molecule has 0 fully saturated rings. The maximum atomic E-state index is 12.8. The zero-order valence-electron chi connectivity index (χ0n) is 17.1. The highest BCUT2D eigenvalue weighted by Gasteiger charge is 2.26. The van der Waals surface area contributed by atoms with E-state index in [1.54, 1.807) is 0 Å². The lowest BCUT2D eigenvalue weighted by Gasteiger charge is -2.21. The number of esters is 1. The minimum absolute atomic E-state index is 0.285. The van der Waals surface area contributed by atoms with E-state index in [2.05, 4.69) is 28.2 Å². The molecule has 0 spiro atoms. The maximum absolute atomic E-state index is 12.8. The van der Waals surface area contributed by atoms with Crippen LogP contribution in [0.4, 0.5) is 0 Å². The number of para-hydroxylation sites is 1. The van der Waals surface area contributed by atoms with Crippen LogP contribution in [-0.4, -0.2) is 41.8 Å². The van der Waals surface area contributed by atoms with Crippen molar-refractivity contribution < 1.29 is 14.3 Å². The Hall–Kier alpha value is -2.77. The Bertz CT molecular complexity index is 1000. The summed E-state index contributed by atoms with van der Waals surface area (Å²) in [5.41, 5.74) is 4.18. The highest BCUT2D eigenvalue weighted by molar-refractivity contribution is 7.80. The molecule has 1 amide bonds. The molecule has 0 saturated carbocycles. The highest BCUT2D eigenvalue weighted by atomic mass is 32.1. The normalized spacial score (nSPS) is 13.0. The second-order valence-electron chi connectivity index (χ2n) is 7.25. The average Bonchev–Trinajstić information content (AvgIpc) is 3.17. The van der Waals surface area contributed by atoms with Gasteiger partial charge >= 0.3 is 5.97 Å². The lowest BCUT2D eigenvalue weighted by Crippen LogP contribution is -2.51. The summed E-state index contributed by atoms with van der Waals surface area (Å²) in [6.45, 7) is 2.56. The molecule has 0 bridgehead atoms. The number of rotatable bonds is 9. The van der Waals surface area contributed by atoms with Gasteiger partial charge in [0.2, 0.25) is 5.91 Å². The van der Waals surface area contributed by atoms with Crippen LogP contribution in [0.15, 0.2) is 54.7 Å². The van der Waals surface area contributed by atoms with Crippen molar-refractivity contribution in [2.45, 2.75) is 32.0 Å². The first-order valence-corrected chi connectivity index (χ1v) is 10.5. The van der Waals surface area contributed by atoms with E-state index in [0.717, 1.165) is 22.0 Å². The third-order valence-corrected chi connectivity index (χ3v) is 5.44. The number of fused-ring (bicyclic) bond motifs is 1. The predicted molar refractivity (Wildman–Crippen MR) is 122 cm³/mol. The van der Waals surface area contributed by atoms with E-state index in [0.29, 0.717) is 18.7 Å². The van der Waals surface area contributed by atoms with Gasteiger partial charge in [-0.3, -0.25) is 4.79 Å². The largest absolute Gasteiger partial charge is 0.467 e. The third-order valence-electron chi connectivity index (χ3n) is 5.07. The van der Waals surface area contributed by atoms with Crippen LogP contribution in [-0.2, 0) is 27.3 Å². The molecule has 0 radical (unpaired) electrons. The summed E-state index contributed by atoms with van der Waals surface area (Å²) < 4.78 is 4.92. The number of carbonyl (C=O) groups excluding carboxylic acids is 2. The number of ether oxygens (including phenoxy) is 1. The Labute approximate surface area is 181 Å². The molecule has 0 aliphatic carbocycles. The summed E-state index contributed by atoms with van der Waals surface area (Å²) in [6, 6.07) is 14.6. The zero-order valence-corrected chi connectivity index (χ0v) is 18.0. The first-order chi connectivity index (χ1) is 14.5. The summed E-state index contributed by atoms with van der Waals surface area (Å²) in [4.78, 5) is 28.4. The summed E-state index contributed by atoms with van der Waals surface area (Å²) in [7, 11) is 1.32. The SMILES string of the molecule is COC(=O)[C@@H](Cc1c[nH]c2ccccc12)NC(=O)[C@H](CS)NCc1ccc(C)cc1. The van der Waals surface area contributed by atoms with Crippen molar-refractivity contribution in [2.24, 2.45) is 0 Å². The molecule has 0 saturated heterocycles. The van der Waals surface area contributed by atoms with Gasteiger partial charge in [0, 0.05) is 35.8 Å². The molecular formula is C23H27N3O3S. The standard InChI is InChI=1S/C23H27N3O3S/c1-15-7-9-16(10-8-15)12-24-21(14-30)22(27)26-20(23(28)29-2)11-17-13-25-19-6-4-3-5-18(17)19/h3-10,13,20-21,24-25,30H,11-12,14H2,1-2H3,(H,26,27)/t20-,21+/m1/s1. The summed E-state index contributed by atoms with van der Waals surface area (Å²) >= 11 is 4.31. The number of carbonyl (C=O) groups is 2. The van der Waals surface area contributed by atoms with Gasteiger partial charge in [0.25, 0.3) is 0 Å². The quantitative estimate of drug-likeness (QED) is 0.314. The second-order valence-corrected chi connectivity index (χ2v) is 7.61. The van der Waals surface area contributed by atoms with Gasteiger partial charge in [-0.2, -0.15) is 12.6 Å². The Kier molecular flexibility index (Phi) is 7.54. The fraction of sp³-hybridized carbons (Fsp3) is 0.304. The second kappa shape index (κ2) is 10.3. The fourth-order valence-corrected chi connectivity index (χ4v) is 3.61. The highest BCUT2D eigenvalue weighted by Crippen LogP contribution is 2.19. The number of nitrogens with one attached hydrogen (secondary N) is 3. The monoisotopic (exact) mass is 425 g/mol. The number of amides is 1. The number of hydrogen-bond donors (Lipinski definition) is 4. The van der Waals surface area contributed by atoms with Crippen LogP contribution < -0.4 is 10.6 Å². The van der Waals surface area contributed by atoms with Crippen molar-refractivity contribution in [1.29, 1.82) is 0 Å². The first kappa shape index (κ1) is 21.9. The zero-order chi connectivity index (χ0) is 21.5. The number of methoxy groups -OCH3 is 1. The van der Waals surface area contributed by atoms with Crippen molar-refractivity contribution in [3.05, 3.63) is 71.4 Å². The molecule has 1 heterocycles. The minimum Gasteiger partial charge on any atom is -0.467 e. The molecule has 6 nitrogen and oxygen atoms in total. The van der Waals surface area contributed by atoms with Gasteiger partial charge in [-0.15, -0.1) is 0 Å². The number of thiol groups is 1. The van der Waals surface area contributed by atoms with Gasteiger partial charge in [0.15, 0.2) is 0 Å². The van der Waals surface area contributed by atoms with Gasteiger partial charge in [-0.25, -0.2) is 4.79 Å². The molecule has 2 atom stereocenters. The molecule has 3 aromatic rings. The van der Waals surface area contributed by atoms with Gasteiger partial charge in [0.05, 0.1) is 13.2 Å². The van der Waals surface area contributed by atoms with Gasteiger partial charge in [-0.1, -0.05) is 48.0 Å². The average molecular weight is 426 g/mol. The third kappa shape index (κ3) is 5.43. The maximum Gasteiger partial charge on any atom is 0.328 e. The van der Waals surface area contributed by atoms with Crippen molar-refractivity contribution >= 4 is 35.4 Å². The molecular weight excluding hydrogens is 398 g/mol. The van der Waals surface area contributed by atoms with Crippen molar-refractivity contribution in [3.8, 4) is 0 Å². The Morgan fingerprint density at radius 2 is 1.83 bits per heavy atom. The number of aromatic amines is 1. The summed E-state index contributed by atoms with van der Waals surface area (Å²) in [5, 5.41) is 7.05. The van der Waals surface area contributed by atoms with E-state index in [1.165, 1.54) is 12.7 Å². The molecule has 158 valence electrons. The molecule has 1 aromatic heterocycles. The van der Waals surface area contributed by atoms with E-state index in [1.807, 2.05) is 61.7 Å². The van der Waals surface area contributed by atoms with Crippen LogP contribution in [0.5, 0.6) is 0 Å². The number of hydrogen-bond acceptors (Lipinski definition) is 5. The lowest BCUT2D eigenvalue weighted by atomic mass is 10.0. The number of aromatic nitrogens is 1. The van der Waals surface area contributed by atoms with Gasteiger partial charge < -0.3 is 20.4 Å². The molecule has 2 aromatic carbocycles. The van der Waals surface area contributed by atoms with Crippen LogP contribution in [0.25, 0.3) is 10.9 Å². The van der Waals surface area contributed by atoms with Crippen molar-refractivity contribution in [3.63, 3.8) is 0 Å². The van der Waals surface area contributed by atoms with E-state index in [-0.39, 0.29) is 5.91 Å². The van der Waals surface area contributed by atoms with Crippen LogP contribution in [0.2, 0.25) is 0 Å². The molecule has 0 aliphatic heterocycles. The Morgan fingerprint density at radius 3 is 2.53 bits per heavy atom. The summed E-state index contributed by atoms with van der Waals surface area (Å²) in [5.74, 6) is -0.462. The van der Waals surface area contributed by atoms with Crippen LogP contribution in [0.1, 0.15) is 16.7 Å². The van der Waals surface area contributed by atoms with E-state index >= 15 is 0 Å². The molecule has 0 unspecified atom stereocenters. The topological polar surface area (TPSA) is 83.2 Å². The number of H-pyrrole nitrogens is 1. The van der Waals surface area contributed by atoms with E-state index in [9.17, 15) is 9.59 Å². The lowest BCUT2D eigenvalue weighted by molar-refractivity contribution is -0.145. The first-order valence-electron chi connectivity index (χ1n) is 9.84. The van der Waals surface area contributed by atoms with E-state index < -0.39 is 18.1 Å². The van der Waals surface area contributed by atoms with Crippen molar-refractivity contribution in [2.75, 3.05) is 12.9 Å². The smallest absolute Gasteiger partial charge is 0.328 e. The molecule has 3 rings (SSSR count). The molecule has 30 heavy (non-hydrogen) atoms. The molecule has 0 aliphatic rings. The molecule has 3 N–H and O–H groups in total. The fourth-order valence-electron chi connectivity index (χ4n) is 3.32. The summed E-state index contributed by atoms with van der Waals surface area (Å²) in [6.07, 6.45) is 2.19. The number of benzene rings is 2. The van der Waals surface area contributed by atoms with Crippen LogP contribution in [0.3, 0.4) is 0 Å². The Balaban J connectivity index is 1.67. The molecule has 7 heteroatoms. The van der Waals surface area contributed by atoms with E-state index in [4.69, 9.17) is 4.74 Å². The number of aryl methyl sites for hydroxylation is 1. The Morgan fingerprint density at radius 1 is 1.10 bits per heavy atom. The predicted octanol–water partition coefficient (Wildman–Crippen LogP) is 2.76. The minimum atomic E-state index is -0.787.